The fourth-order valence-corrected chi connectivity index (χ4v) is 4.61. The van der Waals surface area contributed by atoms with E-state index < -0.39 is 16.7 Å². The summed E-state index contributed by atoms with van der Waals surface area (Å²) in [5.74, 6) is -2.57. The van der Waals surface area contributed by atoms with E-state index in [0.717, 1.165) is 42.2 Å². The summed E-state index contributed by atoms with van der Waals surface area (Å²) in [6, 6.07) is 13.9. The van der Waals surface area contributed by atoms with Crippen LogP contribution in [0.15, 0.2) is 47.4 Å². The van der Waals surface area contributed by atoms with Crippen molar-refractivity contribution in [1.82, 2.24) is 0 Å². The van der Waals surface area contributed by atoms with Gasteiger partial charge in [0, 0.05) is 4.90 Å². The van der Waals surface area contributed by atoms with E-state index in [-0.39, 0.29) is 6.42 Å². The van der Waals surface area contributed by atoms with E-state index in [0.29, 0.717) is 11.3 Å². The number of aliphatic carboxylic acids is 2. The molecule has 26 heavy (non-hydrogen) atoms. The Balaban J connectivity index is 1.89. The molecule has 0 saturated carbocycles. The number of unbranched alkanes of at least 4 members (excludes halogenated alkanes) is 2. The van der Waals surface area contributed by atoms with E-state index in [9.17, 15) is 19.8 Å². The number of carboxylic acid groups (broad SMARTS) is 2. The van der Waals surface area contributed by atoms with Crippen molar-refractivity contribution in [2.45, 2.75) is 48.7 Å². The van der Waals surface area contributed by atoms with Gasteiger partial charge in [-0.25, -0.2) is 0 Å². The van der Waals surface area contributed by atoms with Gasteiger partial charge in [0.25, 0.3) is 0 Å². The zero-order valence-corrected chi connectivity index (χ0v) is 15.5. The summed E-state index contributed by atoms with van der Waals surface area (Å²) < 4.78 is -1.84. The molecule has 0 fully saturated rings. The number of carbonyl (C=O) groups is 2. The summed E-state index contributed by atoms with van der Waals surface area (Å²) in [4.78, 5) is 24.4. The first-order valence-corrected chi connectivity index (χ1v) is 9.66. The van der Waals surface area contributed by atoms with E-state index >= 15 is 0 Å². The van der Waals surface area contributed by atoms with Crippen molar-refractivity contribution in [3.8, 4) is 11.1 Å². The predicted molar refractivity (Wildman–Crippen MR) is 103 cm³/mol. The average Bonchev–Trinajstić information content (AvgIpc) is 2.98. The fourth-order valence-electron chi connectivity index (χ4n) is 3.45. The molecule has 0 heterocycles. The van der Waals surface area contributed by atoms with E-state index in [1.807, 2.05) is 37.3 Å². The second-order valence-electron chi connectivity index (χ2n) is 6.65. The highest BCUT2D eigenvalue weighted by Crippen LogP contribution is 2.42. The van der Waals surface area contributed by atoms with Gasteiger partial charge in [-0.2, -0.15) is 0 Å². The highest BCUT2D eigenvalue weighted by atomic mass is 32.2. The summed E-state index contributed by atoms with van der Waals surface area (Å²) in [6.07, 6.45) is 3.23. The molecule has 2 aromatic carbocycles. The lowest BCUT2D eigenvalue weighted by atomic mass is 10.0. The minimum Gasteiger partial charge on any atom is -0.480 e. The van der Waals surface area contributed by atoms with Crippen LogP contribution in [0.25, 0.3) is 11.1 Å². The van der Waals surface area contributed by atoms with Crippen molar-refractivity contribution in [2.75, 3.05) is 0 Å². The third-order valence-electron chi connectivity index (χ3n) is 4.88. The molecule has 0 amide bonds. The molecule has 1 aliphatic carbocycles. The third-order valence-corrected chi connectivity index (χ3v) is 6.27. The predicted octanol–water partition coefficient (Wildman–Crippen LogP) is 4.84. The largest absolute Gasteiger partial charge is 0.480 e. The molecule has 3 rings (SSSR count). The van der Waals surface area contributed by atoms with Gasteiger partial charge in [0.2, 0.25) is 4.75 Å². The Hall–Kier alpha value is -2.27. The Morgan fingerprint density at radius 1 is 1.00 bits per heavy atom. The number of fused-ring (bicyclic) bond motifs is 3. The Labute approximate surface area is 157 Å². The van der Waals surface area contributed by atoms with Crippen LogP contribution >= 0.6 is 11.8 Å². The van der Waals surface area contributed by atoms with Crippen molar-refractivity contribution in [2.24, 2.45) is 0 Å². The van der Waals surface area contributed by atoms with Crippen molar-refractivity contribution in [3.05, 3.63) is 53.6 Å². The lowest BCUT2D eigenvalue weighted by Crippen LogP contribution is -2.43. The Kier molecular flexibility index (Phi) is 5.37. The number of carboxylic acids is 2. The lowest BCUT2D eigenvalue weighted by Gasteiger charge is -2.24. The first-order valence-electron chi connectivity index (χ1n) is 8.85. The third kappa shape index (κ3) is 3.36. The van der Waals surface area contributed by atoms with Gasteiger partial charge in [-0.3, -0.25) is 9.59 Å². The molecule has 2 aromatic rings. The maximum atomic E-state index is 11.9. The number of rotatable bonds is 8. The minimum atomic E-state index is -1.84. The SMILES string of the molecule is CCCCCC(Sc1ccc2c(c1)Cc1ccccc1-2)(C(=O)O)C(=O)O. The molecule has 4 nitrogen and oxygen atoms in total. The smallest absolute Gasteiger partial charge is 0.331 e. The van der Waals surface area contributed by atoms with Gasteiger partial charge in [-0.1, -0.05) is 68.3 Å². The molecule has 0 atom stereocenters. The van der Waals surface area contributed by atoms with E-state index in [1.165, 1.54) is 11.1 Å². The molecule has 136 valence electrons. The molecule has 0 radical (unpaired) electrons. The number of thioether (sulfide) groups is 1. The number of hydrogen-bond acceptors (Lipinski definition) is 3. The maximum absolute atomic E-state index is 11.9. The molecular formula is C21H22O4S. The first-order chi connectivity index (χ1) is 12.5. The van der Waals surface area contributed by atoms with Crippen LogP contribution in [0.1, 0.15) is 43.7 Å². The van der Waals surface area contributed by atoms with Gasteiger partial charge < -0.3 is 10.2 Å². The molecule has 5 heteroatoms. The van der Waals surface area contributed by atoms with Gasteiger partial charge in [-0.05, 0) is 47.2 Å². The zero-order chi connectivity index (χ0) is 18.7. The summed E-state index contributed by atoms with van der Waals surface area (Å²) in [7, 11) is 0. The summed E-state index contributed by atoms with van der Waals surface area (Å²) in [5, 5.41) is 19.4. The maximum Gasteiger partial charge on any atom is 0.331 e. The molecule has 2 N–H and O–H groups in total. The van der Waals surface area contributed by atoms with Gasteiger partial charge in [0.15, 0.2) is 0 Å². The molecule has 0 aliphatic heterocycles. The quantitative estimate of drug-likeness (QED) is 0.337. The topological polar surface area (TPSA) is 74.6 Å². The normalized spacial score (nSPS) is 12.5. The van der Waals surface area contributed by atoms with Gasteiger partial charge >= 0.3 is 11.9 Å². The second kappa shape index (κ2) is 7.54. The van der Waals surface area contributed by atoms with E-state index in [2.05, 4.69) is 12.1 Å². The second-order valence-corrected chi connectivity index (χ2v) is 8.02. The summed E-state index contributed by atoms with van der Waals surface area (Å²) in [5.41, 5.74) is 4.71. The molecule has 0 bridgehead atoms. The number of hydrogen-bond donors (Lipinski definition) is 2. The van der Waals surface area contributed by atoms with Crippen LogP contribution in [0, 0.1) is 0 Å². The standard InChI is InChI=1S/C21H22O4S/c1-2-3-6-11-21(19(22)23,20(24)25)26-16-9-10-18-15(13-16)12-14-7-4-5-8-17(14)18/h4-5,7-10,13H,2-3,6,11-12H2,1H3,(H,22,23)(H,24,25). The molecule has 0 spiro atoms. The average molecular weight is 370 g/mol. The van der Waals surface area contributed by atoms with Crippen molar-refractivity contribution in [1.29, 1.82) is 0 Å². The summed E-state index contributed by atoms with van der Waals surface area (Å²) >= 11 is 0.948. The van der Waals surface area contributed by atoms with Gasteiger partial charge in [0.1, 0.15) is 0 Å². The number of benzene rings is 2. The Morgan fingerprint density at radius 2 is 1.69 bits per heavy atom. The van der Waals surface area contributed by atoms with Gasteiger partial charge in [0.05, 0.1) is 0 Å². The van der Waals surface area contributed by atoms with Crippen LogP contribution in [0.4, 0.5) is 0 Å². The van der Waals surface area contributed by atoms with Crippen molar-refractivity contribution in [3.63, 3.8) is 0 Å². The monoisotopic (exact) mass is 370 g/mol. The Morgan fingerprint density at radius 3 is 2.38 bits per heavy atom. The highest BCUT2D eigenvalue weighted by Gasteiger charge is 2.47. The minimum absolute atomic E-state index is 0.119. The van der Waals surface area contributed by atoms with Crippen LogP contribution in [0.5, 0.6) is 0 Å². The zero-order valence-electron chi connectivity index (χ0n) is 14.7. The summed E-state index contributed by atoms with van der Waals surface area (Å²) in [6.45, 7) is 2.01. The highest BCUT2D eigenvalue weighted by molar-refractivity contribution is 8.02. The molecule has 0 unspecified atom stereocenters. The fraction of sp³-hybridized carbons (Fsp3) is 0.333. The molecule has 1 aliphatic rings. The van der Waals surface area contributed by atoms with Crippen molar-refractivity contribution >= 4 is 23.7 Å². The van der Waals surface area contributed by atoms with Crippen LogP contribution in [-0.2, 0) is 16.0 Å². The molecule has 0 aromatic heterocycles. The van der Waals surface area contributed by atoms with Crippen LogP contribution in [0.2, 0.25) is 0 Å². The van der Waals surface area contributed by atoms with Crippen LogP contribution in [0.3, 0.4) is 0 Å². The lowest BCUT2D eigenvalue weighted by molar-refractivity contribution is -0.152. The molecule has 0 saturated heterocycles. The van der Waals surface area contributed by atoms with E-state index in [1.54, 1.807) is 0 Å². The molecular weight excluding hydrogens is 348 g/mol. The van der Waals surface area contributed by atoms with Gasteiger partial charge in [-0.15, -0.1) is 0 Å². The first kappa shape index (κ1) is 18.5. The van der Waals surface area contributed by atoms with E-state index in [4.69, 9.17) is 0 Å². The van der Waals surface area contributed by atoms with Crippen molar-refractivity contribution < 1.29 is 19.8 Å². The van der Waals surface area contributed by atoms with Crippen LogP contribution < -0.4 is 0 Å². The Bertz CT molecular complexity index is 830. The van der Waals surface area contributed by atoms with Crippen LogP contribution in [-0.4, -0.2) is 26.9 Å².